The molecule has 15 heavy (non-hydrogen) atoms. The molecule has 3 N–H and O–H groups in total. The molecule has 5 nitrogen and oxygen atoms in total. The van der Waals surface area contributed by atoms with Crippen LogP contribution in [0.1, 0.15) is 24.2 Å². The molecule has 0 spiro atoms. The highest BCUT2D eigenvalue weighted by atomic mass is 35.5. The molecular formula is C9H10ClN5. The van der Waals surface area contributed by atoms with Crippen LogP contribution in [0.15, 0.2) is 18.2 Å². The molecule has 78 valence electrons. The van der Waals surface area contributed by atoms with Gasteiger partial charge in [0.05, 0.1) is 0 Å². The second-order valence-electron chi connectivity index (χ2n) is 3.28. The zero-order valence-corrected chi connectivity index (χ0v) is 8.86. The van der Waals surface area contributed by atoms with Crippen molar-refractivity contribution in [1.82, 2.24) is 20.6 Å². The number of anilines is 1. The average Bonchev–Trinajstić information content (AvgIpc) is 2.69. The molecule has 0 fully saturated rings. The van der Waals surface area contributed by atoms with E-state index in [1.54, 1.807) is 12.1 Å². The van der Waals surface area contributed by atoms with E-state index in [0.717, 1.165) is 5.56 Å². The molecule has 0 amide bonds. The van der Waals surface area contributed by atoms with Gasteiger partial charge in [-0.05, 0) is 28.1 Å². The normalized spacial score (nSPS) is 12.7. The van der Waals surface area contributed by atoms with Crippen LogP contribution in [0.25, 0.3) is 0 Å². The molecule has 1 aromatic carbocycles. The predicted octanol–water partition coefficient (Wildman–Crippen LogP) is 1.59. The van der Waals surface area contributed by atoms with E-state index in [4.69, 9.17) is 17.3 Å². The number of aromatic amines is 1. The number of hydrogen-bond donors (Lipinski definition) is 2. The van der Waals surface area contributed by atoms with Gasteiger partial charge in [-0.15, -0.1) is 5.10 Å². The number of tetrazole rings is 1. The highest BCUT2D eigenvalue weighted by molar-refractivity contribution is 6.30. The van der Waals surface area contributed by atoms with Gasteiger partial charge < -0.3 is 5.73 Å². The maximum atomic E-state index is 5.86. The molecule has 1 aromatic heterocycles. The van der Waals surface area contributed by atoms with Crippen molar-refractivity contribution in [2.45, 2.75) is 12.8 Å². The van der Waals surface area contributed by atoms with Crippen molar-refractivity contribution < 1.29 is 0 Å². The minimum Gasteiger partial charge on any atom is -0.398 e. The Labute approximate surface area is 91.6 Å². The maximum absolute atomic E-state index is 5.86. The van der Waals surface area contributed by atoms with Crippen LogP contribution in [0, 0.1) is 0 Å². The van der Waals surface area contributed by atoms with Crippen LogP contribution in [0.2, 0.25) is 5.02 Å². The van der Waals surface area contributed by atoms with Gasteiger partial charge in [0.25, 0.3) is 0 Å². The fourth-order valence-corrected chi connectivity index (χ4v) is 1.62. The third-order valence-corrected chi connectivity index (χ3v) is 2.52. The molecule has 0 radical (unpaired) electrons. The number of H-pyrrole nitrogens is 1. The number of nitrogens with zero attached hydrogens (tertiary/aromatic N) is 3. The largest absolute Gasteiger partial charge is 0.398 e. The maximum Gasteiger partial charge on any atom is 0.155 e. The second kappa shape index (κ2) is 3.86. The van der Waals surface area contributed by atoms with Crippen LogP contribution in [0.4, 0.5) is 5.69 Å². The van der Waals surface area contributed by atoms with E-state index in [2.05, 4.69) is 20.6 Å². The Bertz CT molecular complexity index is 454. The topological polar surface area (TPSA) is 80.5 Å². The third kappa shape index (κ3) is 1.92. The summed E-state index contributed by atoms with van der Waals surface area (Å²) in [5.74, 6) is 0.710. The Balaban J connectivity index is 2.38. The number of nitrogens with two attached hydrogens (primary N) is 1. The Morgan fingerprint density at radius 3 is 2.87 bits per heavy atom. The van der Waals surface area contributed by atoms with Gasteiger partial charge in [0, 0.05) is 16.6 Å². The Morgan fingerprint density at radius 1 is 1.47 bits per heavy atom. The van der Waals surface area contributed by atoms with E-state index in [9.17, 15) is 0 Å². The van der Waals surface area contributed by atoms with Gasteiger partial charge in [-0.2, -0.15) is 0 Å². The van der Waals surface area contributed by atoms with E-state index >= 15 is 0 Å². The molecule has 0 aliphatic heterocycles. The summed E-state index contributed by atoms with van der Waals surface area (Å²) in [5.41, 5.74) is 7.46. The molecule has 2 aromatic rings. The number of nitrogens with one attached hydrogen (secondary N) is 1. The lowest BCUT2D eigenvalue weighted by Crippen LogP contribution is -2.03. The highest BCUT2D eigenvalue weighted by Gasteiger charge is 2.14. The Kier molecular flexibility index (Phi) is 2.55. The van der Waals surface area contributed by atoms with Crippen LogP contribution in [0.5, 0.6) is 0 Å². The van der Waals surface area contributed by atoms with Crippen LogP contribution < -0.4 is 5.73 Å². The summed E-state index contributed by atoms with van der Waals surface area (Å²) in [7, 11) is 0. The number of rotatable bonds is 2. The summed E-state index contributed by atoms with van der Waals surface area (Å²) in [6.45, 7) is 1.97. The predicted molar refractivity (Wildman–Crippen MR) is 57.6 cm³/mol. The molecule has 1 atom stereocenters. The van der Waals surface area contributed by atoms with Gasteiger partial charge in [-0.3, -0.25) is 0 Å². The van der Waals surface area contributed by atoms with E-state index in [1.807, 2.05) is 13.0 Å². The number of benzene rings is 1. The first-order valence-electron chi connectivity index (χ1n) is 4.47. The third-order valence-electron chi connectivity index (χ3n) is 2.29. The van der Waals surface area contributed by atoms with Gasteiger partial charge >= 0.3 is 0 Å². The van der Waals surface area contributed by atoms with Crippen molar-refractivity contribution in [3.63, 3.8) is 0 Å². The quantitative estimate of drug-likeness (QED) is 0.758. The Hall–Kier alpha value is -1.62. The number of hydrogen-bond acceptors (Lipinski definition) is 4. The number of nitrogen functional groups attached to an aromatic ring is 1. The van der Waals surface area contributed by atoms with Crippen molar-refractivity contribution in [3.8, 4) is 0 Å². The van der Waals surface area contributed by atoms with E-state index in [-0.39, 0.29) is 5.92 Å². The van der Waals surface area contributed by atoms with Crippen molar-refractivity contribution in [2.24, 2.45) is 0 Å². The molecule has 0 aliphatic carbocycles. The van der Waals surface area contributed by atoms with Crippen molar-refractivity contribution in [1.29, 1.82) is 0 Å². The molecular weight excluding hydrogens is 214 g/mol. The van der Waals surface area contributed by atoms with E-state index in [0.29, 0.717) is 16.5 Å². The first kappa shape index (κ1) is 9.92. The first-order chi connectivity index (χ1) is 7.18. The van der Waals surface area contributed by atoms with Crippen LogP contribution in [0.3, 0.4) is 0 Å². The lowest BCUT2D eigenvalue weighted by Gasteiger charge is -2.10. The average molecular weight is 224 g/mol. The second-order valence-corrected chi connectivity index (χ2v) is 3.72. The zero-order valence-electron chi connectivity index (χ0n) is 8.11. The molecule has 0 aliphatic rings. The summed E-state index contributed by atoms with van der Waals surface area (Å²) < 4.78 is 0. The summed E-state index contributed by atoms with van der Waals surface area (Å²) in [6, 6.07) is 5.40. The minimum atomic E-state index is 0.0252. The standard InChI is InChI=1S/C9H10ClN5/c1-5(9-12-14-15-13-9)7-3-2-6(10)4-8(7)11/h2-5H,11H2,1H3,(H,12,13,14,15). The van der Waals surface area contributed by atoms with Gasteiger partial charge in [0.1, 0.15) is 0 Å². The highest BCUT2D eigenvalue weighted by Crippen LogP contribution is 2.27. The molecule has 6 heteroatoms. The Morgan fingerprint density at radius 2 is 2.27 bits per heavy atom. The van der Waals surface area contributed by atoms with E-state index < -0.39 is 0 Å². The van der Waals surface area contributed by atoms with Crippen molar-refractivity contribution in [3.05, 3.63) is 34.6 Å². The number of aromatic nitrogens is 4. The molecule has 2 rings (SSSR count). The van der Waals surface area contributed by atoms with Gasteiger partial charge in [0.15, 0.2) is 5.82 Å². The van der Waals surface area contributed by atoms with Crippen molar-refractivity contribution >= 4 is 17.3 Å². The van der Waals surface area contributed by atoms with Crippen molar-refractivity contribution in [2.75, 3.05) is 5.73 Å². The van der Waals surface area contributed by atoms with Crippen LogP contribution >= 0.6 is 11.6 Å². The monoisotopic (exact) mass is 223 g/mol. The van der Waals surface area contributed by atoms with Crippen LogP contribution in [-0.2, 0) is 0 Å². The van der Waals surface area contributed by atoms with Crippen LogP contribution in [-0.4, -0.2) is 20.6 Å². The summed E-state index contributed by atoms with van der Waals surface area (Å²) in [6.07, 6.45) is 0. The summed E-state index contributed by atoms with van der Waals surface area (Å²) in [4.78, 5) is 0. The lowest BCUT2D eigenvalue weighted by atomic mass is 9.99. The van der Waals surface area contributed by atoms with Gasteiger partial charge in [-0.25, -0.2) is 5.10 Å². The molecule has 0 bridgehead atoms. The lowest BCUT2D eigenvalue weighted by molar-refractivity contribution is 0.823. The fraction of sp³-hybridized carbons (Fsp3) is 0.222. The smallest absolute Gasteiger partial charge is 0.155 e. The van der Waals surface area contributed by atoms with Gasteiger partial charge in [-0.1, -0.05) is 24.6 Å². The number of halogens is 1. The fourth-order valence-electron chi connectivity index (χ4n) is 1.44. The van der Waals surface area contributed by atoms with E-state index in [1.165, 1.54) is 0 Å². The van der Waals surface area contributed by atoms with Gasteiger partial charge in [0.2, 0.25) is 0 Å². The first-order valence-corrected chi connectivity index (χ1v) is 4.85. The minimum absolute atomic E-state index is 0.0252. The molecule has 0 saturated carbocycles. The SMILES string of the molecule is CC(c1nnn[nH]1)c1ccc(Cl)cc1N. The molecule has 0 saturated heterocycles. The summed E-state index contributed by atoms with van der Waals surface area (Å²) >= 11 is 5.82. The summed E-state index contributed by atoms with van der Waals surface area (Å²) in [5, 5.41) is 14.2. The molecule has 1 unspecified atom stereocenters. The molecule has 1 heterocycles. The zero-order chi connectivity index (χ0) is 10.8.